The highest BCUT2D eigenvalue weighted by Crippen LogP contribution is 2.42. The summed E-state index contributed by atoms with van der Waals surface area (Å²) in [5.41, 5.74) is 4.02. The Morgan fingerprint density at radius 3 is 2.67 bits per heavy atom. The molecule has 1 saturated carbocycles. The molecule has 9 heteroatoms. The smallest absolute Gasteiger partial charge is 0.243 e. The Morgan fingerprint density at radius 2 is 1.90 bits per heavy atom. The van der Waals surface area contributed by atoms with E-state index in [-0.39, 0.29) is 0 Å². The number of hydrogen-bond donors (Lipinski definition) is 2. The van der Waals surface area contributed by atoms with Crippen molar-refractivity contribution in [3.63, 3.8) is 0 Å². The van der Waals surface area contributed by atoms with E-state index in [4.69, 9.17) is 19.8 Å². The Kier molecular flexibility index (Phi) is 3.92. The number of ether oxygens (including phenoxy) is 1. The molecule has 9 nitrogen and oxygen atoms in total. The fourth-order valence-electron chi connectivity index (χ4n) is 4.67. The van der Waals surface area contributed by atoms with Gasteiger partial charge in [-0.1, -0.05) is 0 Å². The van der Waals surface area contributed by atoms with Crippen LogP contribution in [0.4, 0.5) is 11.8 Å². The number of hydrogen-bond acceptors (Lipinski definition) is 7. The molecular weight excluding hydrogens is 380 g/mol. The summed E-state index contributed by atoms with van der Waals surface area (Å²) >= 11 is 0. The van der Waals surface area contributed by atoms with Gasteiger partial charge >= 0.3 is 0 Å². The van der Waals surface area contributed by atoms with Crippen LogP contribution < -0.4 is 10.6 Å². The SMILES string of the molecule is CNc1nc(NC2CCC3(CC2)COC3)nn2ccc(-c3ccn4nccc4n3)c12. The van der Waals surface area contributed by atoms with Crippen LogP contribution in [0.1, 0.15) is 25.7 Å². The van der Waals surface area contributed by atoms with Crippen LogP contribution in [0.2, 0.25) is 0 Å². The van der Waals surface area contributed by atoms with Gasteiger partial charge in [-0.15, -0.1) is 5.10 Å². The Hall–Kier alpha value is -3.20. The molecule has 5 heterocycles. The molecule has 0 bridgehead atoms. The average molecular weight is 404 g/mol. The Labute approximate surface area is 173 Å². The molecule has 2 fully saturated rings. The van der Waals surface area contributed by atoms with Crippen molar-refractivity contribution in [2.45, 2.75) is 31.7 Å². The summed E-state index contributed by atoms with van der Waals surface area (Å²) in [6.45, 7) is 1.86. The van der Waals surface area contributed by atoms with E-state index in [9.17, 15) is 0 Å². The zero-order valence-electron chi connectivity index (χ0n) is 16.9. The maximum atomic E-state index is 5.44. The van der Waals surface area contributed by atoms with Crippen molar-refractivity contribution in [3.8, 4) is 11.3 Å². The lowest BCUT2D eigenvalue weighted by Crippen LogP contribution is -2.47. The average Bonchev–Trinajstić information content (AvgIpc) is 3.39. The summed E-state index contributed by atoms with van der Waals surface area (Å²) in [4.78, 5) is 9.49. The number of rotatable bonds is 4. The van der Waals surface area contributed by atoms with E-state index < -0.39 is 0 Å². The lowest BCUT2D eigenvalue weighted by molar-refractivity contribution is -0.131. The van der Waals surface area contributed by atoms with E-state index in [2.05, 4.69) is 15.7 Å². The van der Waals surface area contributed by atoms with Gasteiger partial charge in [0.2, 0.25) is 5.95 Å². The number of nitrogens with zero attached hydrogens (tertiary/aromatic N) is 6. The van der Waals surface area contributed by atoms with E-state index in [0.29, 0.717) is 17.4 Å². The molecule has 0 amide bonds. The number of anilines is 2. The lowest BCUT2D eigenvalue weighted by atomic mass is 9.71. The predicted molar refractivity (Wildman–Crippen MR) is 114 cm³/mol. The number of aromatic nitrogens is 6. The maximum Gasteiger partial charge on any atom is 0.243 e. The highest BCUT2D eigenvalue weighted by Gasteiger charge is 2.41. The van der Waals surface area contributed by atoms with Gasteiger partial charge in [0.25, 0.3) is 0 Å². The lowest BCUT2D eigenvalue weighted by Gasteiger charge is -2.46. The van der Waals surface area contributed by atoms with Crippen molar-refractivity contribution < 1.29 is 4.74 Å². The van der Waals surface area contributed by atoms with Crippen LogP contribution in [-0.2, 0) is 4.74 Å². The summed E-state index contributed by atoms with van der Waals surface area (Å²) in [7, 11) is 1.89. The molecule has 0 radical (unpaired) electrons. The summed E-state index contributed by atoms with van der Waals surface area (Å²) in [6, 6.07) is 6.29. The van der Waals surface area contributed by atoms with E-state index in [0.717, 1.165) is 54.3 Å². The molecular formula is C21H24N8O. The van der Waals surface area contributed by atoms with Crippen molar-refractivity contribution >= 4 is 22.9 Å². The first-order chi connectivity index (χ1) is 14.7. The van der Waals surface area contributed by atoms with E-state index >= 15 is 0 Å². The van der Waals surface area contributed by atoms with E-state index in [1.807, 2.05) is 42.2 Å². The summed E-state index contributed by atoms with van der Waals surface area (Å²) in [5, 5.41) is 15.7. The highest BCUT2D eigenvalue weighted by atomic mass is 16.5. The first kappa shape index (κ1) is 17.6. The van der Waals surface area contributed by atoms with Crippen molar-refractivity contribution in [3.05, 3.63) is 36.8 Å². The van der Waals surface area contributed by atoms with Gasteiger partial charge in [-0.25, -0.2) is 14.0 Å². The monoisotopic (exact) mass is 404 g/mol. The first-order valence-corrected chi connectivity index (χ1v) is 10.5. The van der Waals surface area contributed by atoms with Gasteiger partial charge in [0.15, 0.2) is 11.5 Å². The summed E-state index contributed by atoms with van der Waals surface area (Å²) in [5.74, 6) is 1.43. The molecule has 154 valence electrons. The second kappa shape index (κ2) is 6.66. The van der Waals surface area contributed by atoms with E-state index in [1.54, 1.807) is 10.7 Å². The zero-order chi connectivity index (χ0) is 20.1. The summed E-state index contributed by atoms with van der Waals surface area (Å²) in [6.07, 6.45) is 10.3. The molecule has 6 rings (SSSR count). The molecule has 2 N–H and O–H groups in total. The molecule has 30 heavy (non-hydrogen) atoms. The molecule has 4 aromatic heterocycles. The molecule has 2 aliphatic rings. The molecule has 4 aromatic rings. The second-order valence-corrected chi connectivity index (χ2v) is 8.41. The number of fused-ring (bicyclic) bond motifs is 2. The molecule has 0 atom stereocenters. The van der Waals surface area contributed by atoms with Gasteiger partial charge in [0.05, 0.1) is 25.1 Å². The largest absolute Gasteiger partial charge is 0.380 e. The predicted octanol–water partition coefficient (Wildman–Crippen LogP) is 2.85. The third-order valence-electron chi connectivity index (χ3n) is 6.48. The van der Waals surface area contributed by atoms with Crippen molar-refractivity contribution in [1.82, 2.24) is 29.2 Å². The topological polar surface area (TPSA) is 93.7 Å². The van der Waals surface area contributed by atoms with Crippen molar-refractivity contribution in [2.24, 2.45) is 5.41 Å². The summed E-state index contributed by atoms with van der Waals surface area (Å²) < 4.78 is 9.07. The Morgan fingerprint density at radius 1 is 1.07 bits per heavy atom. The standard InChI is InChI=1S/C21H24N8O/c1-22-19-18-15(16-6-11-28-17(25-16)4-9-23-28)5-10-29(18)27-20(26-19)24-14-2-7-21(8-3-14)12-30-13-21/h4-6,9-11,14H,2-3,7-8,12-13H2,1H3,(H2,22,24,26,27). The van der Waals surface area contributed by atoms with Gasteiger partial charge in [-0.3, -0.25) is 0 Å². The van der Waals surface area contributed by atoms with Crippen molar-refractivity contribution in [1.29, 1.82) is 0 Å². The van der Waals surface area contributed by atoms with Gasteiger partial charge in [0.1, 0.15) is 5.52 Å². The van der Waals surface area contributed by atoms with Crippen LogP contribution in [0.25, 0.3) is 22.4 Å². The third-order valence-corrected chi connectivity index (χ3v) is 6.48. The Bertz CT molecular complexity index is 1210. The molecule has 0 unspecified atom stereocenters. The minimum Gasteiger partial charge on any atom is -0.380 e. The van der Waals surface area contributed by atoms with Gasteiger partial charge in [0, 0.05) is 42.5 Å². The highest BCUT2D eigenvalue weighted by molar-refractivity contribution is 5.87. The van der Waals surface area contributed by atoms with Crippen LogP contribution in [0, 0.1) is 5.41 Å². The number of nitrogens with one attached hydrogen (secondary N) is 2. The van der Waals surface area contributed by atoms with Gasteiger partial charge in [-0.05, 0) is 37.8 Å². The second-order valence-electron chi connectivity index (χ2n) is 8.41. The van der Waals surface area contributed by atoms with Crippen molar-refractivity contribution in [2.75, 3.05) is 30.9 Å². The molecule has 1 aliphatic carbocycles. The molecule has 1 spiro atoms. The van der Waals surface area contributed by atoms with Crippen LogP contribution in [0.3, 0.4) is 0 Å². The molecule has 1 saturated heterocycles. The Balaban J connectivity index is 1.31. The zero-order valence-corrected chi connectivity index (χ0v) is 16.9. The van der Waals surface area contributed by atoms with Crippen LogP contribution in [-0.4, -0.2) is 55.5 Å². The van der Waals surface area contributed by atoms with Gasteiger partial charge < -0.3 is 15.4 Å². The first-order valence-electron chi connectivity index (χ1n) is 10.5. The van der Waals surface area contributed by atoms with E-state index in [1.165, 1.54) is 12.8 Å². The maximum absolute atomic E-state index is 5.44. The van der Waals surface area contributed by atoms with Gasteiger partial charge in [-0.2, -0.15) is 10.1 Å². The van der Waals surface area contributed by atoms with Crippen LogP contribution in [0.5, 0.6) is 0 Å². The minimum atomic E-state index is 0.402. The third kappa shape index (κ3) is 2.80. The normalized spacial score (nSPS) is 18.7. The quantitative estimate of drug-likeness (QED) is 0.540. The molecule has 1 aliphatic heterocycles. The fraction of sp³-hybridized carbons (Fsp3) is 0.429. The fourth-order valence-corrected chi connectivity index (χ4v) is 4.67. The van der Waals surface area contributed by atoms with Crippen LogP contribution in [0.15, 0.2) is 36.8 Å². The molecule has 0 aromatic carbocycles. The van der Waals surface area contributed by atoms with Crippen LogP contribution >= 0.6 is 0 Å². The minimum absolute atomic E-state index is 0.402.